The zero-order valence-electron chi connectivity index (χ0n) is 44.0. The molecule has 4 aromatic heterocycles. The lowest BCUT2D eigenvalue weighted by Gasteiger charge is -2.43. The molecule has 2 bridgehead atoms. The number of carbonyl (C=O) groups is 2. The van der Waals surface area contributed by atoms with Crippen molar-refractivity contribution in [3.05, 3.63) is 107 Å². The Morgan fingerprint density at radius 1 is 0.909 bits per heavy atom. The molecule has 2 unspecified atom stereocenters. The van der Waals surface area contributed by atoms with E-state index < -0.39 is 18.1 Å². The van der Waals surface area contributed by atoms with Crippen LogP contribution in [0.3, 0.4) is 0 Å². The second kappa shape index (κ2) is 22.5. The van der Waals surface area contributed by atoms with E-state index in [2.05, 4.69) is 69.3 Å². The molecule has 11 rings (SSSR count). The molecule has 0 spiro atoms. The van der Waals surface area contributed by atoms with Gasteiger partial charge < -0.3 is 50.0 Å². The van der Waals surface area contributed by atoms with Gasteiger partial charge in [-0.05, 0) is 86.8 Å². The van der Waals surface area contributed by atoms with Gasteiger partial charge in [0.1, 0.15) is 23.8 Å². The maximum atomic E-state index is 14.3. The monoisotopic (exact) mass is 1060 g/mol. The largest absolute Gasteiger partial charge is 0.507 e. The van der Waals surface area contributed by atoms with Crippen LogP contribution in [-0.2, 0) is 14.3 Å². The highest BCUT2D eigenvalue weighted by Gasteiger charge is 2.44. The van der Waals surface area contributed by atoms with E-state index in [9.17, 15) is 19.8 Å². The molecule has 19 heteroatoms. The van der Waals surface area contributed by atoms with E-state index in [0.717, 1.165) is 97.8 Å². The molecule has 402 valence electrons. The number of aromatic hydroxyl groups is 1. The molecule has 5 aliphatic rings. The van der Waals surface area contributed by atoms with Crippen molar-refractivity contribution in [2.24, 2.45) is 5.92 Å². The molecule has 77 heavy (non-hydrogen) atoms. The first-order chi connectivity index (χ1) is 37.3. The third kappa shape index (κ3) is 11.3. The molecule has 1 saturated carbocycles. The Labute approximate surface area is 453 Å². The smallest absolute Gasteiger partial charge is 0.243 e. The number of thiazole rings is 1. The summed E-state index contributed by atoms with van der Waals surface area (Å²) in [5.74, 6) is 6.47. The number of hydrogen-bond donors (Lipinski definition) is 4. The molecule has 2 amide bonds. The van der Waals surface area contributed by atoms with Gasteiger partial charge in [0, 0.05) is 93.7 Å². The molecule has 6 atom stereocenters. The zero-order valence-corrected chi connectivity index (χ0v) is 44.8. The first kappa shape index (κ1) is 52.0. The normalized spacial score (nSPS) is 23.3. The fraction of sp³-hybridized carbons (Fsp3) is 0.466. The van der Waals surface area contributed by atoms with Crippen molar-refractivity contribution in [3.63, 3.8) is 0 Å². The Balaban J connectivity index is 0.616. The zero-order chi connectivity index (χ0) is 53.3. The minimum absolute atomic E-state index is 0.0541. The number of para-hydroxylation sites is 1. The standard InChI is InChI=1S/C58H67N11O7S/c1-34(2)54(58(73)68-32-43(70)26-50(68)57(72)62-35(3)37-11-13-38(14-12-37)55-36(4)61-33-77-55)52-24-39(65-76-52)8-7-21-66-22-18-44(19-23-66)74-45-27-46(28-45)75-53-25-40(17-20-60-53)69-41-15-16-42(69)31-67(30-41)49-29-48(63-64-56(49)59)47-9-5-6-10-51(47)71/h5-6,9-14,17,20,24-25,29,33-35,41-46,50,54,70-71H,15-16,18-19,21-23,26-28,30-32H2,1-4H3,(H2,59,64)(H,62,72)/t35-,41?,42?,43+,45-,46-,50-,54+/m0/s1. The Hall–Kier alpha value is -7.11. The van der Waals surface area contributed by atoms with Gasteiger partial charge in [-0.2, -0.15) is 0 Å². The molecule has 8 heterocycles. The maximum absolute atomic E-state index is 14.3. The number of aliphatic hydroxyl groups excluding tert-OH is 1. The predicted octanol–water partition coefficient (Wildman–Crippen LogP) is 7.13. The van der Waals surface area contributed by atoms with E-state index >= 15 is 0 Å². The van der Waals surface area contributed by atoms with Gasteiger partial charge in [-0.3, -0.25) is 14.5 Å². The molecule has 4 saturated heterocycles. The fourth-order valence-corrected chi connectivity index (χ4v) is 12.6. The number of β-amino-alcohol motifs (C(OH)–C–C–N with tert-alkyl or cyclic N) is 1. The van der Waals surface area contributed by atoms with E-state index in [4.69, 9.17) is 19.7 Å². The van der Waals surface area contributed by atoms with Gasteiger partial charge in [0.2, 0.25) is 17.7 Å². The number of anilines is 3. The number of phenolic OH excluding ortho intramolecular Hbond substituents is 1. The number of nitrogens with two attached hydrogens (primary N) is 1. The number of ether oxygens (including phenoxy) is 2. The third-order valence-corrected chi connectivity index (χ3v) is 17.0. The van der Waals surface area contributed by atoms with Crippen LogP contribution in [0.5, 0.6) is 11.6 Å². The van der Waals surface area contributed by atoms with Gasteiger partial charge in [0.25, 0.3) is 0 Å². The van der Waals surface area contributed by atoms with E-state index in [1.165, 1.54) is 4.90 Å². The number of amides is 2. The second-order valence-electron chi connectivity index (χ2n) is 21.7. The number of phenols is 1. The van der Waals surface area contributed by atoms with Crippen LogP contribution in [0.4, 0.5) is 17.2 Å². The number of piperazine rings is 1. The first-order valence-corrected chi connectivity index (χ1v) is 27.9. The van der Waals surface area contributed by atoms with Gasteiger partial charge in [-0.1, -0.05) is 61.3 Å². The number of fused-ring (bicyclic) bond motifs is 2. The SMILES string of the molecule is Cc1ncsc1-c1ccc([C@H](C)NC(=O)[C@@H]2C[C@@H](O)CN2C(=O)[C@@H](c2cc(C#CCN3CCC(O[C@H]4C[C@H](Oc5cc(N6C7CCC6CN(c6cc(-c8ccccc8O)nnc6N)C7)ccn5)C4)CC3)no2)C(C)C)cc1. The number of hydrogen-bond acceptors (Lipinski definition) is 17. The highest BCUT2D eigenvalue weighted by molar-refractivity contribution is 7.13. The summed E-state index contributed by atoms with van der Waals surface area (Å²) in [4.78, 5) is 46.7. The minimum Gasteiger partial charge on any atom is -0.507 e. The molecule has 4 aliphatic heterocycles. The number of nitrogen functional groups attached to an aromatic ring is 1. The summed E-state index contributed by atoms with van der Waals surface area (Å²) in [6.45, 7) is 11.7. The number of aromatic nitrogens is 5. The Kier molecular flexibility index (Phi) is 15.2. The van der Waals surface area contributed by atoms with Crippen LogP contribution in [0.25, 0.3) is 21.7 Å². The van der Waals surface area contributed by atoms with Crippen LogP contribution < -0.4 is 25.6 Å². The average Bonchev–Trinajstić information content (AvgIpc) is 4.22. The number of aliphatic hydroxyl groups is 1. The number of piperidine rings is 1. The van der Waals surface area contributed by atoms with E-state index in [0.29, 0.717) is 41.0 Å². The van der Waals surface area contributed by atoms with Crippen LogP contribution in [0, 0.1) is 24.7 Å². The number of likely N-dealkylation sites (tertiary alicyclic amines) is 2. The Bertz CT molecular complexity index is 3110. The molecule has 5 N–H and O–H groups in total. The molecule has 0 radical (unpaired) electrons. The second-order valence-corrected chi connectivity index (χ2v) is 22.5. The van der Waals surface area contributed by atoms with Gasteiger partial charge >= 0.3 is 0 Å². The van der Waals surface area contributed by atoms with Crippen molar-refractivity contribution < 1.29 is 33.8 Å². The molecule has 5 fully saturated rings. The predicted molar refractivity (Wildman–Crippen MR) is 293 cm³/mol. The molecule has 18 nitrogen and oxygen atoms in total. The highest BCUT2D eigenvalue weighted by atomic mass is 32.1. The summed E-state index contributed by atoms with van der Waals surface area (Å²) in [6.07, 6.45) is 7.19. The number of nitrogens with one attached hydrogen (secondary N) is 1. The lowest BCUT2D eigenvalue weighted by molar-refractivity contribution is -0.141. The highest BCUT2D eigenvalue weighted by Crippen LogP contribution is 2.41. The number of carbonyl (C=O) groups excluding carboxylic acids is 2. The molecular weight excluding hydrogens is 995 g/mol. The van der Waals surface area contributed by atoms with Crippen molar-refractivity contribution in [3.8, 4) is 45.2 Å². The van der Waals surface area contributed by atoms with Gasteiger partial charge in [0.05, 0.1) is 58.4 Å². The fourth-order valence-electron chi connectivity index (χ4n) is 11.8. The van der Waals surface area contributed by atoms with Crippen LogP contribution in [-0.4, -0.2) is 139 Å². The summed E-state index contributed by atoms with van der Waals surface area (Å²) in [7, 11) is 0. The lowest BCUT2D eigenvalue weighted by atomic mass is 9.91. The van der Waals surface area contributed by atoms with Crippen LogP contribution in [0.2, 0.25) is 0 Å². The van der Waals surface area contributed by atoms with Crippen molar-refractivity contribution in [2.75, 3.05) is 54.8 Å². The van der Waals surface area contributed by atoms with Crippen molar-refractivity contribution >= 4 is 40.3 Å². The van der Waals surface area contributed by atoms with Crippen LogP contribution >= 0.6 is 11.3 Å². The quantitative estimate of drug-likeness (QED) is 0.0752. The first-order valence-electron chi connectivity index (χ1n) is 27.0. The van der Waals surface area contributed by atoms with Gasteiger partial charge in [-0.25, -0.2) is 9.97 Å². The number of benzene rings is 2. The molecular formula is C58H67N11O7S. The van der Waals surface area contributed by atoms with Gasteiger partial charge in [0.15, 0.2) is 17.3 Å². The van der Waals surface area contributed by atoms with Crippen molar-refractivity contribution in [1.29, 1.82) is 0 Å². The maximum Gasteiger partial charge on any atom is 0.243 e. The summed E-state index contributed by atoms with van der Waals surface area (Å²) >= 11 is 1.59. The van der Waals surface area contributed by atoms with Crippen molar-refractivity contribution in [1.82, 2.24) is 40.4 Å². The van der Waals surface area contributed by atoms with Crippen LogP contribution in [0.15, 0.2) is 89.0 Å². The topological polar surface area (TPSA) is 222 Å². The number of aryl methyl sites for hydroxylation is 1. The summed E-state index contributed by atoms with van der Waals surface area (Å²) in [6, 6.07) is 22.4. The Morgan fingerprint density at radius 3 is 2.40 bits per heavy atom. The molecule has 1 aliphatic carbocycles. The molecule has 2 aromatic carbocycles. The van der Waals surface area contributed by atoms with E-state index in [-0.39, 0.29) is 72.9 Å². The number of rotatable bonds is 15. The number of nitrogens with zero attached hydrogens (tertiary/aromatic N) is 9. The minimum atomic E-state index is -0.826. The van der Waals surface area contributed by atoms with Gasteiger partial charge in [-0.15, -0.1) is 21.5 Å². The van der Waals surface area contributed by atoms with Crippen LogP contribution in [0.1, 0.15) is 100 Å². The van der Waals surface area contributed by atoms with Crippen molar-refractivity contribution in [2.45, 2.75) is 127 Å². The molecule has 6 aromatic rings. The number of pyridine rings is 1. The average molecular weight is 1060 g/mol. The summed E-state index contributed by atoms with van der Waals surface area (Å²) in [5, 5.41) is 37.0. The summed E-state index contributed by atoms with van der Waals surface area (Å²) in [5.41, 5.74) is 14.8. The van der Waals surface area contributed by atoms with E-state index in [1.807, 2.05) is 81.9 Å². The lowest BCUT2D eigenvalue weighted by Crippen LogP contribution is -2.54. The Morgan fingerprint density at radius 2 is 1.68 bits per heavy atom. The third-order valence-electron chi connectivity index (χ3n) is 16.0. The van der Waals surface area contributed by atoms with E-state index in [1.54, 1.807) is 29.5 Å². The summed E-state index contributed by atoms with van der Waals surface area (Å²) < 4.78 is 18.7.